The monoisotopic (exact) mass is 638 g/mol. The van der Waals surface area contributed by atoms with E-state index in [1.54, 1.807) is 0 Å². The Hall–Kier alpha value is -6.38. The number of hydrogen-bond donors (Lipinski definition) is 0. The van der Waals surface area contributed by atoms with Crippen LogP contribution in [0.25, 0.3) is 87.6 Å². The second-order valence-corrected chi connectivity index (χ2v) is 13.5. The van der Waals surface area contributed by atoms with Gasteiger partial charge in [-0.2, -0.15) is 0 Å². The summed E-state index contributed by atoms with van der Waals surface area (Å²) in [5.41, 5.74) is 10.0. The maximum absolute atomic E-state index is 6.71. The van der Waals surface area contributed by atoms with Gasteiger partial charge in [0.25, 0.3) is 0 Å². The molecule has 0 saturated heterocycles. The van der Waals surface area contributed by atoms with Crippen molar-refractivity contribution in [3.8, 4) is 39.1 Å². The van der Waals surface area contributed by atoms with Crippen LogP contribution < -0.4 is 4.74 Å². The molecule has 0 N–H and O–H groups in total. The molecule has 2 atom stereocenters. The van der Waals surface area contributed by atoms with Gasteiger partial charge in [-0.15, -0.1) is 0 Å². The third kappa shape index (κ3) is 3.96. The zero-order valence-corrected chi connectivity index (χ0v) is 27.1. The van der Waals surface area contributed by atoms with Crippen LogP contribution in [-0.4, -0.2) is 6.10 Å². The number of fused-ring (bicyclic) bond motifs is 9. The molecule has 0 radical (unpaired) electrons. The number of para-hydroxylation sites is 1. The highest BCUT2D eigenvalue weighted by Crippen LogP contribution is 2.52. The summed E-state index contributed by atoms with van der Waals surface area (Å²) < 4.78 is 13.3. The fraction of sp³-hybridized carbons (Fsp3) is 0.0417. The molecule has 0 bridgehead atoms. The minimum absolute atomic E-state index is 0.00959. The van der Waals surface area contributed by atoms with E-state index in [4.69, 9.17) is 9.15 Å². The lowest BCUT2D eigenvalue weighted by molar-refractivity contribution is 0.270. The normalized spacial score (nSPS) is 16.4. The first-order valence-electron chi connectivity index (χ1n) is 17.3. The average Bonchev–Trinajstić information content (AvgIpc) is 3.74. The number of allylic oxidation sites excluding steroid dienone is 2. The van der Waals surface area contributed by atoms with Gasteiger partial charge in [0.1, 0.15) is 23.0 Å². The summed E-state index contributed by atoms with van der Waals surface area (Å²) >= 11 is 0. The topological polar surface area (TPSA) is 22.4 Å². The molecule has 9 aromatic rings. The van der Waals surface area contributed by atoms with E-state index in [-0.39, 0.29) is 12.0 Å². The smallest absolute Gasteiger partial charge is 0.146 e. The van der Waals surface area contributed by atoms with Gasteiger partial charge in [0.05, 0.1) is 5.56 Å². The molecule has 1 aromatic heterocycles. The predicted molar refractivity (Wildman–Crippen MR) is 208 cm³/mol. The summed E-state index contributed by atoms with van der Waals surface area (Å²) in [6, 6.07) is 52.8. The molecule has 234 valence electrons. The SMILES string of the molecule is C1=CC2Oc3c(cc4c(oc5ccccc54)c3-c3ccc(-c4c5ccccc5c(-c5ccc6ccccc6c5)c5ccccc45)cc3)C2C=C1. The van der Waals surface area contributed by atoms with Crippen LogP contribution in [0.1, 0.15) is 11.5 Å². The molecule has 11 rings (SSSR count). The highest BCUT2D eigenvalue weighted by atomic mass is 16.5. The lowest BCUT2D eigenvalue weighted by Gasteiger charge is -2.18. The third-order valence-corrected chi connectivity index (χ3v) is 10.8. The highest BCUT2D eigenvalue weighted by Gasteiger charge is 2.36. The molecule has 1 aliphatic heterocycles. The largest absolute Gasteiger partial charge is 0.484 e. The van der Waals surface area contributed by atoms with E-state index in [0.29, 0.717) is 0 Å². The van der Waals surface area contributed by atoms with Gasteiger partial charge in [-0.05, 0) is 84.4 Å². The lowest BCUT2D eigenvalue weighted by Crippen LogP contribution is -2.15. The van der Waals surface area contributed by atoms with Crippen molar-refractivity contribution >= 4 is 54.3 Å². The van der Waals surface area contributed by atoms with Crippen molar-refractivity contribution in [1.82, 2.24) is 0 Å². The molecule has 2 nitrogen and oxygen atoms in total. The van der Waals surface area contributed by atoms with Crippen molar-refractivity contribution in [2.75, 3.05) is 0 Å². The van der Waals surface area contributed by atoms with Gasteiger partial charge < -0.3 is 9.15 Å². The van der Waals surface area contributed by atoms with E-state index >= 15 is 0 Å². The lowest BCUT2D eigenvalue weighted by atomic mass is 9.85. The summed E-state index contributed by atoms with van der Waals surface area (Å²) in [6.45, 7) is 0. The summed E-state index contributed by atoms with van der Waals surface area (Å²) in [4.78, 5) is 0. The minimum Gasteiger partial charge on any atom is -0.484 e. The molecule has 50 heavy (non-hydrogen) atoms. The third-order valence-electron chi connectivity index (χ3n) is 10.8. The van der Waals surface area contributed by atoms with Crippen LogP contribution in [0.3, 0.4) is 0 Å². The molecule has 2 heteroatoms. The molecule has 1 aliphatic carbocycles. The van der Waals surface area contributed by atoms with Gasteiger partial charge in [0, 0.05) is 22.3 Å². The first-order chi connectivity index (χ1) is 24.8. The van der Waals surface area contributed by atoms with E-state index < -0.39 is 0 Å². The molecular weight excluding hydrogens is 609 g/mol. The van der Waals surface area contributed by atoms with Gasteiger partial charge in [-0.1, -0.05) is 146 Å². The maximum atomic E-state index is 6.71. The molecule has 0 fully saturated rings. The number of hydrogen-bond acceptors (Lipinski definition) is 2. The molecule has 0 saturated carbocycles. The quantitative estimate of drug-likeness (QED) is 0.180. The Kier molecular flexibility index (Phi) is 5.82. The zero-order valence-electron chi connectivity index (χ0n) is 27.1. The Morgan fingerprint density at radius 1 is 0.420 bits per heavy atom. The van der Waals surface area contributed by atoms with Gasteiger partial charge in [-0.3, -0.25) is 0 Å². The van der Waals surface area contributed by atoms with Crippen molar-refractivity contribution < 1.29 is 9.15 Å². The Bertz CT molecular complexity index is 2850. The average molecular weight is 639 g/mol. The predicted octanol–water partition coefficient (Wildman–Crippen LogP) is 13.0. The minimum atomic E-state index is -0.00959. The maximum Gasteiger partial charge on any atom is 0.146 e. The molecule has 0 amide bonds. The first-order valence-corrected chi connectivity index (χ1v) is 17.3. The molecule has 2 aliphatic rings. The second-order valence-electron chi connectivity index (χ2n) is 13.5. The molecule has 2 unspecified atom stereocenters. The number of benzene rings is 8. The van der Waals surface area contributed by atoms with Crippen LogP contribution in [0, 0.1) is 0 Å². The van der Waals surface area contributed by atoms with Crippen molar-refractivity contribution in [2.24, 2.45) is 0 Å². The summed E-state index contributed by atoms with van der Waals surface area (Å²) in [5.74, 6) is 1.11. The van der Waals surface area contributed by atoms with E-state index in [2.05, 4.69) is 164 Å². The number of rotatable bonds is 3. The molecule has 2 heterocycles. The molecular formula is C48H30O2. The molecule has 0 spiro atoms. The van der Waals surface area contributed by atoms with Crippen molar-refractivity contribution in [1.29, 1.82) is 0 Å². The van der Waals surface area contributed by atoms with Gasteiger partial charge in [0.15, 0.2) is 0 Å². The fourth-order valence-electron chi connectivity index (χ4n) is 8.51. The van der Waals surface area contributed by atoms with Crippen LogP contribution in [0.15, 0.2) is 174 Å². The van der Waals surface area contributed by atoms with Crippen LogP contribution >= 0.6 is 0 Å². The van der Waals surface area contributed by atoms with Gasteiger partial charge in [0.2, 0.25) is 0 Å². The number of ether oxygens (including phenoxy) is 1. The zero-order chi connectivity index (χ0) is 32.8. The van der Waals surface area contributed by atoms with E-state index in [0.717, 1.165) is 38.8 Å². The van der Waals surface area contributed by atoms with Crippen molar-refractivity contribution in [3.05, 3.63) is 175 Å². The van der Waals surface area contributed by atoms with Crippen LogP contribution in [0.4, 0.5) is 0 Å². The first kappa shape index (κ1) is 27.6. The van der Waals surface area contributed by atoms with Gasteiger partial charge in [-0.25, -0.2) is 0 Å². The highest BCUT2D eigenvalue weighted by molar-refractivity contribution is 6.22. The summed E-state index contributed by atoms with van der Waals surface area (Å²) in [6.07, 6.45) is 8.63. The Morgan fingerprint density at radius 2 is 0.980 bits per heavy atom. The van der Waals surface area contributed by atoms with Crippen LogP contribution in [0.2, 0.25) is 0 Å². The number of furan rings is 1. The van der Waals surface area contributed by atoms with Crippen molar-refractivity contribution in [3.63, 3.8) is 0 Å². The molecule has 8 aromatic carbocycles. The van der Waals surface area contributed by atoms with Crippen molar-refractivity contribution in [2.45, 2.75) is 12.0 Å². The second kappa shape index (κ2) is 10.6. The Balaban J connectivity index is 1.13. The summed E-state index contributed by atoms with van der Waals surface area (Å²) in [5, 5.41) is 9.76. The van der Waals surface area contributed by atoms with E-state index in [1.807, 2.05) is 6.07 Å². The van der Waals surface area contributed by atoms with E-state index in [9.17, 15) is 0 Å². The van der Waals surface area contributed by atoms with E-state index in [1.165, 1.54) is 60.1 Å². The van der Waals surface area contributed by atoms with Gasteiger partial charge >= 0.3 is 0 Å². The Morgan fingerprint density at radius 3 is 1.70 bits per heavy atom. The standard InChI is InChI=1S/C48H30O2/c1-2-12-32-27-33(26-21-29(32)11-1)45-38-17-5-3-15-36(38)44(37-16-4-6-18-39(37)45)30-22-24-31(25-23-30)46-47-40(34-13-7-9-19-42(34)49-47)28-41-35-14-8-10-20-43(35)50-48(41)46/h1-28,34,42H. The fourth-order valence-corrected chi connectivity index (χ4v) is 8.51. The summed E-state index contributed by atoms with van der Waals surface area (Å²) in [7, 11) is 0. The van der Waals surface area contributed by atoms with Crippen LogP contribution in [-0.2, 0) is 0 Å². The van der Waals surface area contributed by atoms with Crippen LogP contribution in [0.5, 0.6) is 5.75 Å². The Labute approximate surface area is 289 Å².